The molecule has 0 aliphatic heterocycles. The largest absolute Gasteiger partial charge is 0.256 e. The summed E-state index contributed by atoms with van der Waals surface area (Å²) < 4.78 is 0. The predicted octanol–water partition coefficient (Wildman–Crippen LogP) is 3.93. The van der Waals surface area contributed by atoms with Crippen molar-refractivity contribution >= 4 is 23.5 Å². The first kappa shape index (κ1) is 11.9. The molecule has 14 heavy (non-hydrogen) atoms. The van der Waals surface area contributed by atoms with Gasteiger partial charge in [-0.15, -0.1) is 0 Å². The first-order valence-electron chi connectivity index (χ1n) is 4.71. The van der Waals surface area contributed by atoms with E-state index in [9.17, 15) is 0 Å². The Morgan fingerprint density at radius 1 is 1.00 bits per heavy atom. The fourth-order valence-corrected chi connectivity index (χ4v) is 1.91. The Kier molecular flexibility index (Phi) is 4.82. The second kappa shape index (κ2) is 5.66. The van der Waals surface area contributed by atoms with Crippen molar-refractivity contribution in [2.24, 2.45) is 0 Å². The SMILES string of the molecule is CSC(C)c1cccc(C(C)SC)n1. The zero-order valence-electron chi connectivity index (χ0n) is 9.15. The Bertz CT molecular complexity index is 263. The molecular formula is C11H17NS2. The monoisotopic (exact) mass is 227 g/mol. The van der Waals surface area contributed by atoms with E-state index in [1.807, 2.05) is 23.5 Å². The molecule has 2 unspecified atom stereocenters. The number of hydrogen-bond acceptors (Lipinski definition) is 3. The molecule has 0 aromatic carbocycles. The van der Waals surface area contributed by atoms with E-state index in [0.29, 0.717) is 10.5 Å². The van der Waals surface area contributed by atoms with Gasteiger partial charge in [0.15, 0.2) is 0 Å². The highest BCUT2D eigenvalue weighted by molar-refractivity contribution is 7.99. The Morgan fingerprint density at radius 3 is 1.79 bits per heavy atom. The van der Waals surface area contributed by atoms with Gasteiger partial charge in [0.05, 0.1) is 11.4 Å². The van der Waals surface area contributed by atoms with Crippen LogP contribution in [0.1, 0.15) is 35.7 Å². The summed E-state index contributed by atoms with van der Waals surface area (Å²) in [7, 11) is 0. The quantitative estimate of drug-likeness (QED) is 0.773. The average Bonchev–Trinajstić information content (AvgIpc) is 2.27. The van der Waals surface area contributed by atoms with Crippen molar-refractivity contribution in [1.82, 2.24) is 4.98 Å². The maximum Gasteiger partial charge on any atom is 0.0534 e. The lowest BCUT2D eigenvalue weighted by Crippen LogP contribution is -1.98. The summed E-state index contributed by atoms with van der Waals surface area (Å²) in [4.78, 5) is 4.67. The van der Waals surface area contributed by atoms with Gasteiger partial charge in [-0.3, -0.25) is 4.98 Å². The van der Waals surface area contributed by atoms with Crippen LogP contribution in [0.15, 0.2) is 18.2 Å². The predicted molar refractivity (Wildman–Crippen MR) is 68.1 cm³/mol. The van der Waals surface area contributed by atoms with E-state index in [0.717, 1.165) is 0 Å². The van der Waals surface area contributed by atoms with Crippen LogP contribution < -0.4 is 0 Å². The summed E-state index contributed by atoms with van der Waals surface area (Å²) in [6.07, 6.45) is 4.24. The number of aromatic nitrogens is 1. The van der Waals surface area contributed by atoms with Gasteiger partial charge in [-0.05, 0) is 38.5 Å². The van der Waals surface area contributed by atoms with E-state index in [-0.39, 0.29) is 0 Å². The van der Waals surface area contributed by atoms with Crippen LogP contribution in [0.5, 0.6) is 0 Å². The van der Waals surface area contributed by atoms with Gasteiger partial charge in [-0.25, -0.2) is 0 Å². The molecule has 0 amide bonds. The fourth-order valence-electron chi connectivity index (χ4n) is 1.16. The Hall–Kier alpha value is -0.150. The molecule has 3 heteroatoms. The summed E-state index contributed by atoms with van der Waals surface area (Å²) in [5.74, 6) is 0. The van der Waals surface area contributed by atoms with Gasteiger partial charge < -0.3 is 0 Å². The molecule has 0 bridgehead atoms. The molecule has 1 aromatic heterocycles. The van der Waals surface area contributed by atoms with Gasteiger partial charge in [0.1, 0.15) is 0 Å². The first-order chi connectivity index (χ1) is 6.69. The van der Waals surface area contributed by atoms with E-state index >= 15 is 0 Å². The highest BCUT2D eigenvalue weighted by Crippen LogP contribution is 2.28. The van der Waals surface area contributed by atoms with Crippen LogP contribution in [0.4, 0.5) is 0 Å². The first-order valence-corrected chi connectivity index (χ1v) is 7.29. The molecule has 2 atom stereocenters. The Balaban J connectivity index is 2.89. The van der Waals surface area contributed by atoms with Crippen LogP contribution in [0.3, 0.4) is 0 Å². The highest BCUT2D eigenvalue weighted by Gasteiger charge is 2.09. The van der Waals surface area contributed by atoms with Gasteiger partial charge >= 0.3 is 0 Å². The van der Waals surface area contributed by atoms with Crippen molar-refractivity contribution < 1.29 is 0 Å². The number of nitrogens with zero attached hydrogens (tertiary/aromatic N) is 1. The van der Waals surface area contributed by atoms with E-state index in [2.05, 4.69) is 49.5 Å². The lowest BCUT2D eigenvalue weighted by Gasteiger charge is -2.12. The van der Waals surface area contributed by atoms with E-state index in [1.54, 1.807) is 0 Å². The Labute approximate surface area is 95.1 Å². The summed E-state index contributed by atoms with van der Waals surface area (Å²) in [6, 6.07) is 6.33. The number of hydrogen-bond donors (Lipinski definition) is 0. The van der Waals surface area contributed by atoms with Gasteiger partial charge in [0.25, 0.3) is 0 Å². The smallest absolute Gasteiger partial charge is 0.0534 e. The molecule has 0 fully saturated rings. The standard InChI is InChI=1S/C11H17NS2/c1-8(13-3)10-6-5-7-11(12-10)9(2)14-4/h5-9H,1-4H3. The second-order valence-electron chi connectivity index (χ2n) is 3.24. The number of rotatable bonds is 4. The van der Waals surface area contributed by atoms with Crippen LogP contribution in [0.25, 0.3) is 0 Å². The number of pyridine rings is 1. The van der Waals surface area contributed by atoms with Gasteiger partial charge in [0, 0.05) is 10.5 Å². The minimum absolute atomic E-state index is 0.490. The third-order valence-electron chi connectivity index (χ3n) is 2.33. The maximum absolute atomic E-state index is 4.67. The molecule has 0 saturated carbocycles. The maximum atomic E-state index is 4.67. The summed E-state index contributed by atoms with van der Waals surface area (Å²) in [5.41, 5.74) is 2.38. The summed E-state index contributed by atoms with van der Waals surface area (Å²) in [6.45, 7) is 4.39. The van der Waals surface area contributed by atoms with Crippen molar-refractivity contribution in [2.45, 2.75) is 24.3 Å². The van der Waals surface area contributed by atoms with E-state index in [4.69, 9.17) is 0 Å². The van der Waals surface area contributed by atoms with Crippen molar-refractivity contribution in [1.29, 1.82) is 0 Å². The van der Waals surface area contributed by atoms with Gasteiger partial charge in [-0.2, -0.15) is 23.5 Å². The molecule has 0 saturated heterocycles. The van der Waals surface area contributed by atoms with Crippen LogP contribution in [0, 0.1) is 0 Å². The van der Waals surface area contributed by atoms with E-state index < -0.39 is 0 Å². The van der Waals surface area contributed by atoms with Crippen LogP contribution >= 0.6 is 23.5 Å². The fraction of sp³-hybridized carbons (Fsp3) is 0.545. The normalized spacial score (nSPS) is 15.1. The minimum atomic E-state index is 0.490. The van der Waals surface area contributed by atoms with Crippen molar-refractivity contribution in [3.05, 3.63) is 29.6 Å². The molecule has 1 rings (SSSR count). The van der Waals surface area contributed by atoms with Gasteiger partial charge in [0.2, 0.25) is 0 Å². The third kappa shape index (κ3) is 2.92. The zero-order chi connectivity index (χ0) is 10.6. The van der Waals surface area contributed by atoms with Crippen molar-refractivity contribution in [3.63, 3.8) is 0 Å². The summed E-state index contributed by atoms with van der Waals surface area (Å²) >= 11 is 3.67. The molecule has 0 aliphatic carbocycles. The Morgan fingerprint density at radius 2 is 1.43 bits per heavy atom. The second-order valence-corrected chi connectivity index (χ2v) is 5.60. The number of thioether (sulfide) groups is 2. The highest BCUT2D eigenvalue weighted by atomic mass is 32.2. The average molecular weight is 227 g/mol. The van der Waals surface area contributed by atoms with E-state index in [1.165, 1.54) is 11.4 Å². The minimum Gasteiger partial charge on any atom is -0.256 e. The lowest BCUT2D eigenvalue weighted by atomic mass is 10.2. The van der Waals surface area contributed by atoms with Crippen LogP contribution in [-0.2, 0) is 0 Å². The summed E-state index contributed by atoms with van der Waals surface area (Å²) in [5, 5.41) is 0.980. The lowest BCUT2D eigenvalue weighted by molar-refractivity contribution is 0.931. The van der Waals surface area contributed by atoms with Gasteiger partial charge in [-0.1, -0.05) is 6.07 Å². The molecule has 78 valence electrons. The van der Waals surface area contributed by atoms with Crippen LogP contribution in [-0.4, -0.2) is 17.5 Å². The topological polar surface area (TPSA) is 12.9 Å². The van der Waals surface area contributed by atoms with Crippen molar-refractivity contribution in [2.75, 3.05) is 12.5 Å². The molecule has 0 aliphatic rings. The molecule has 1 heterocycles. The molecule has 0 N–H and O–H groups in total. The molecule has 1 aromatic rings. The van der Waals surface area contributed by atoms with Crippen LogP contribution in [0.2, 0.25) is 0 Å². The molecular weight excluding hydrogens is 210 g/mol. The third-order valence-corrected chi connectivity index (χ3v) is 4.23. The zero-order valence-corrected chi connectivity index (χ0v) is 10.8. The molecule has 1 nitrogen and oxygen atoms in total. The van der Waals surface area contributed by atoms with Crippen molar-refractivity contribution in [3.8, 4) is 0 Å². The molecule has 0 radical (unpaired) electrons. The molecule has 0 spiro atoms.